The highest BCUT2D eigenvalue weighted by Crippen LogP contribution is 2.13. The van der Waals surface area contributed by atoms with Crippen LogP contribution < -0.4 is 16.4 Å². The van der Waals surface area contributed by atoms with Gasteiger partial charge in [-0.15, -0.1) is 0 Å². The number of carbonyl (C=O) groups excluding carboxylic acids is 3. The molecule has 0 fully saturated rings. The minimum Gasteiger partial charge on any atom is -0.480 e. The van der Waals surface area contributed by atoms with Gasteiger partial charge < -0.3 is 25.9 Å². The second-order valence-electron chi connectivity index (χ2n) is 3.92. The Labute approximate surface area is 127 Å². The van der Waals surface area contributed by atoms with Crippen LogP contribution in [-0.4, -0.2) is 41.4 Å². The number of carboxylic acid groups (broad SMARTS) is 1. The fourth-order valence-corrected chi connectivity index (χ4v) is 1.64. The zero-order valence-corrected chi connectivity index (χ0v) is 12.2. The first-order valence-electron chi connectivity index (χ1n) is 5.63. The molecular weight excluding hydrogens is 350 g/mol. The van der Waals surface area contributed by atoms with Crippen LogP contribution in [0.4, 0.5) is 0 Å². The molecule has 1 rings (SSSR count). The number of aliphatic carboxylic acids is 1. The minimum absolute atomic E-state index is 0.0124. The summed E-state index contributed by atoms with van der Waals surface area (Å²) in [5, 5.41) is 13.1. The number of carbonyl (C=O) groups is 4. The van der Waals surface area contributed by atoms with E-state index < -0.39 is 42.7 Å². The van der Waals surface area contributed by atoms with Crippen molar-refractivity contribution >= 4 is 39.6 Å². The molecule has 9 nitrogen and oxygen atoms in total. The number of rotatable bonds is 7. The summed E-state index contributed by atoms with van der Waals surface area (Å²) in [7, 11) is 0. The predicted octanol–water partition coefficient (Wildman–Crippen LogP) is -0.783. The summed E-state index contributed by atoms with van der Waals surface area (Å²) < 4.78 is 5.32. The molecule has 0 aliphatic heterocycles. The number of primary amides is 1. The Kier molecular flexibility index (Phi) is 5.91. The highest BCUT2D eigenvalue weighted by Gasteiger charge is 2.22. The molecule has 21 heavy (non-hydrogen) atoms. The average Bonchev–Trinajstić information content (AvgIpc) is 2.81. The van der Waals surface area contributed by atoms with E-state index in [1.165, 1.54) is 12.1 Å². The summed E-state index contributed by atoms with van der Waals surface area (Å²) in [6.45, 7) is -0.473. The van der Waals surface area contributed by atoms with Gasteiger partial charge in [0, 0.05) is 0 Å². The van der Waals surface area contributed by atoms with Gasteiger partial charge in [-0.3, -0.25) is 14.4 Å². The smallest absolute Gasteiger partial charge is 0.326 e. The lowest BCUT2D eigenvalue weighted by Crippen LogP contribution is -2.47. The monoisotopic (exact) mass is 361 g/mol. The van der Waals surface area contributed by atoms with Gasteiger partial charge in [0.25, 0.3) is 5.91 Å². The molecule has 0 unspecified atom stereocenters. The van der Waals surface area contributed by atoms with Crippen molar-refractivity contribution in [1.82, 2.24) is 10.6 Å². The molecule has 3 amide bonds. The first-order valence-corrected chi connectivity index (χ1v) is 6.43. The second kappa shape index (κ2) is 7.43. The van der Waals surface area contributed by atoms with Gasteiger partial charge in [-0.25, -0.2) is 4.79 Å². The number of furan rings is 1. The van der Waals surface area contributed by atoms with E-state index in [2.05, 4.69) is 26.6 Å². The van der Waals surface area contributed by atoms with Gasteiger partial charge in [0.1, 0.15) is 6.04 Å². The van der Waals surface area contributed by atoms with Crippen molar-refractivity contribution in [2.24, 2.45) is 5.73 Å². The van der Waals surface area contributed by atoms with E-state index in [1.54, 1.807) is 0 Å². The van der Waals surface area contributed by atoms with Crippen molar-refractivity contribution in [3.63, 3.8) is 0 Å². The summed E-state index contributed by atoms with van der Waals surface area (Å²) >= 11 is 3.02. The Morgan fingerprint density at radius 1 is 1.33 bits per heavy atom. The van der Waals surface area contributed by atoms with Crippen LogP contribution in [0, 0.1) is 0 Å². The molecule has 0 aliphatic carbocycles. The number of nitrogens with two attached hydrogens (primary N) is 1. The number of nitrogens with one attached hydrogen (secondary N) is 2. The van der Waals surface area contributed by atoms with Crippen molar-refractivity contribution in [3.8, 4) is 0 Å². The minimum atomic E-state index is -1.44. The maximum absolute atomic E-state index is 11.6. The third-order valence-corrected chi connectivity index (χ3v) is 2.67. The first-order chi connectivity index (χ1) is 9.79. The number of halogens is 1. The molecule has 1 aromatic heterocycles. The lowest BCUT2D eigenvalue weighted by molar-refractivity contribution is -0.143. The normalized spacial score (nSPS) is 11.5. The SMILES string of the molecule is NC(=O)C[C@H](NC(=O)CNC(=O)c1ccc(Br)o1)C(=O)O. The predicted molar refractivity (Wildman–Crippen MR) is 72.1 cm³/mol. The molecule has 10 heteroatoms. The van der Waals surface area contributed by atoms with E-state index in [0.29, 0.717) is 4.67 Å². The van der Waals surface area contributed by atoms with E-state index in [0.717, 1.165) is 0 Å². The zero-order chi connectivity index (χ0) is 16.0. The lowest BCUT2D eigenvalue weighted by atomic mass is 10.2. The summed E-state index contributed by atoms with van der Waals surface area (Å²) in [6.07, 6.45) is -0.542. The summed E-state index contributed by atoms with van der Waals surface area (Å²) in [4.78, 5) is 44.5. The Balaban J connectivity index is 2.47. The van der Waals surface area contributed by atoms with E-state index in [1.807, 2.05) is 0 Å². The zero-order valence-electron chi connectivity index (χ0n) is 10.6. The molecule has 1 aromatic rings. The van der Waals surface area contributed by atoms with Crippen LogP contribution in [-0.2, 0) is 14.4 Å². The Morgan fingerprint density at radius 2 is 2.00 bits per heavy atom. The number of amides is 3. The van der Waals surface area contributed by atoms with Gasteiger partial charge in [-0.2, -0.15) is 0 Å². The van der Waals surface area contributed by atoms with Crippen LogP contribution in [0.15, 0.2) is 21.2 Å². The molecule has 1 atom stereocenters. The quantitative estimate of drug-likeness (QED) is 0.499. The molecule has 0 spiro atoms. The molecule has 0 aliphatic rings. The van der Waals surface area contributed by atoms with Gasteiger partial charge >= 0.3 is 5.97 Å². The van der Waals surface area contributed by atoms with Crippen molar-refractivity contribution in [1.29, 1.82) is 0 Å². The van der Waals surface area contributed by atoms with Crippen LogP contribution in [0.3, 0.4) is 0 Å². The van der Waals surface area contributed by atoms with Gasteiger partial charge in [0.2, 0.25) is 11.8 Å². The van der Waals surface area contributed by atoms with Crippen molar-refractivity contribution in [2.75, 3.05) is 6.54 Å². The molecule has 0 aromatic carbocycles. The molecule has 5 N–H and O–H groups in total. The topological polar surface area (TPSA) is 152 Å². The van der Waals surface area contributed by atoms with Crippen LogP contribution in [0.1, 0.15) is 17.0 Å². The third kappa shape index (κ3) is 5.65. The Morgan fingerprint density at radius 3 is 2.48 bits per heavy atom. The average molecular weight is 362 g/mol. The molecule has 0 saturated carbocycles. The fourth-order valence-electron chi connectivity index (χ4n) is 1.33. The van der Waals surface area contributed by atoms with Crippen molar-refractivity contribution in [2.45, 2.75) is 12.5 Å². The largest absolute Gasteiger partial charge is 0.480 e. The van der Waals surface area contributed by atoms with Crippen molar-refractivity contribution in [3.05, 3.63) is 22.6 Å². The van der Waals surface area contributed by atoms with E-state index >= 15 is 0 Å². The van der Waals surface area contributed by atoms with E-state index in [9.17, 15) is 19.2 Å². The fraction of sp³-hybridized carbons (Fsp3) is 0.273. The van der Waals surface area contributed by atoms with E-state index in [4.69, 9.17) is 15.3 Å². The van der Waals surface area contributed by atoms with Gasteiger partial charge in [0.15, 0.2) is 10.4 Å². The highest BCUT2D eigenvalue weighted by molar-refractivity contribution is 9.10. The van der Waals surface area contributed by atoms with E-state index in [-0.39, 0.29) is 5.76 Å². The number of hydrogen-bond acceptors (Lipinski definition) is 5. The van der Waals surface area contributed by atoms with Gasteiger partial charge in [-0.05, 0) is 28.1 Å². The molecule has 0 saturated heterocycles. The Hall–Kier alpha value is -2.36. The van der Waals surface area contributed by atoms with Crippen molar-refractivity contribution < 1.29 is 28.7 Å². The number of carboxylic acids is 1. The van der Waals surface area contributed by atoms with Crippen LogP contribution in [0.5, 0.6) is 0 Å². The molecule has 1 heterocycles. The maximum atomic E-state index is 11.6. The number of hydrogen-bond donors (Lipinski definition) is 4. The van der Waals surface area contributed by atoms with Crippen LogP contribution in [0.25, 0.3) is 0 Å². The molecule has 114 valence electrons. The summed E-state index contributed by atoms with van der Waals surface area (Å²) in [5.41, 5.74) is 4.87. The first kappa shape index (κ1) is 16.7. The summed E-state index contributed by atoms with van der Waals surface area (Å²) in [6, 6.07) is 1.46. The molecular formula is C11H12BrN3O6. The molecule has 0 bridgehead atoms. The highest BCUT2D eigenvalue weighted by atomic mass is 79.9. The molecule has 0 radical (unpaired) electrons. The van der Waals surface area contributed by atoms with Crippen LogP contribution in [0.2, 0.25) is 0 Å². The lowest BCUT2D eigenvalue weighted by Gasteiger charge is -2.12. The van der Waals surface area contributed by atoms with Gasteiger partial charge in [-0.1, -0.05) is 0 Å². The third-order valence-electron chi connectivity index (χ3n) is 2.25. The standard InChI is InChI=1S/C11H12BrN3O6/c12-7-2-1-6(21-7)10(18)14-4-9(17)15-5(11(19)20)3-8(13)16/h1-2,5H,3-4H2,(H2,13,16)(H,14,18)(H,15,17)(H,19,20)/t5-/m0/s1. The van der Waals surface area contributed by atoms with Gasteiger partial charge in [0.05, 0.1) is 13.0 Å². The second-order valence-corrected chi connectivity index (χ2v) is 4.70. The summed E-state index contributed by atoms with van der Waals surface area (Å²) in [5.74, 6) is -3.70. The Bertz CT molecular complexity index is 570. The van der Waals surface area contributed by atoms with Crippen LogP contribution >= 0.6 is 15.9 Å². The maximum Gasteiger partial charge on any atom is 0.326 e.